The van der Waals surface area contributed by atoms with Crippen molar-refractivity contribution in [3.05, 3.63) is 28.6 Å². The molecule has 2 aromatic rings. The first-order valence-electron chi connectivity index (χ1n) is 5.75. The molecule has 0 saturated carbocycles. The average Bonchev–Trinajstić information content (AvgIpc) is 2.73. The number of oxazole rings is 1. The molecule has 2 amide bonds. The second kappa shape index (κ2) is 5.66. The molecule has 0 spiro atoms. The van der Waals surface area contributed by atoms with Crippen molar-refractivity contribution in [2.45, 2.75) is 12.8 Å². The largest absolute Gasteiger partial charge is 0.429 e. The number of hydrogen-bond donors (Lipinski definition) is 3. The molecule has 19 heavy (non-hydrogen) atoms. The molecule has 0 atom stereocenters. The summed E-state index contributed by atoms with van der Waals surface area (Å²) in [5, 5.41) is 2.70. The van der Waals surface area contributed by atoms with Gasteiger partial charge in [-0.05, 0) is 36.8 Å². The third kappa shape index (κ3) is 3.41. The Morgan fingerprint density at radius 2 is 2.21 bits per heavy atom. The third-order valence-corrected chi connectivity index (χ3v) is 2.75. The van der Waals surface area contributed by atoms with Gasteiger partial charge in [0.05, 0.1) is 5.52 Å². The minimum Gasteiger partial charge on any atom is -0.429 e. The summed E-state index contributed by atoms with van der Waals surface area (Å²) in [5.41, 5.74) is 6.77. The molecule has 0 bridgehead atoms. The fourth-order valence-electron chi connectivity index (χ4n) is 1.65. The number of aromatic amines is 1. The molecular formula is C12H13N3O3S. The number of aromatic nitrogens is 1. The maximum absolute atomic E-state index is 11.8. The number of nitrogens with two attached hydrogens (primary N) is 1. The molecular weight excluding hydrogens is 266 g/mol. The predicted molar refractivity (Wildman–Crippen MR) is 72.2 cm³/mol. The lowest BCUT2D eigenvalue weighted by atomic mass is 10.2. The highest BCUT2D eigenvalue weighted by molar-refractivity contribution is 7.71. The SMILES string of the molecule is NC(=O)CCCNC(=O)c1ccc2[nH]c(=S)oc2c1. The minimum absolute atomic E-state index is 0.228. The Labute approximate surface area is 114 Å². The zero-order valence-electron chi connectivity index (χ0n) is 10.1. The summed E-state index contributed by atoms with van der Waals surface area (Å²) in [7, 11) is 0. The molecule has 1 heterocycles. The van der Waals surface area contributed by atoms with Crippen LogP contribution in [-0.4, -0.2) is 23.3 Å². The van der Waals surface area contributed by atoms with Crippen LogP contribution in [0, 0.1) is 4.84 Å². The number of nitrogens with one attached hydrogen (secondary N) is 2. The van der Waals surface area contributed by atoms with Gasteiger partial charge in [-0.15, -0.1) is 0 Å². The molecule has 0 fully saturated rings. The molecule has 1 aromatic heterocycles. The van der Waals surface area contributed by atoms with Crippen molar-refractivity contribution < 1.29 is 14.0 Å². The molecule has 100 valence electrons. The van der Waals surface area contributed by atoms with E-state index in [0.29, 0.717) is 24.1 Å². The lowest BCUT2D eigenvalue weighted by Gasteiger charge is -2.04. The van der Waals surface area contributed by atoms with Crippen molar-refractivity contribution in [2.24, 2.45) is 5.73 Å². The van der Waals surface area contributed by atoms with E-state index in [9.17, 15) is 9.59 Å². The Morgan fingerprint density at radius 3 is 2.95 bits per heavy atom. The fourth-order valence-corrected chi connectivity index (χ4v) is 1.85. The number of H-pyrrole nitrogens is 1. The Kier molecular flexibility index (Phi) is 3.96. The van der Waals surface area contributed by atoms with Crippen LogP contribution in [0.4, 0.5) is 0 Å². The molecule has 0 aliphatic carbocycles. The molecule has 6 nitrogen and oxygen atoms in total. The summed E-state index contributed by atoms with van der Waals surface area (Å²) in [5.74, 6) is -0.603. The van der Waals surface area contributed by atoms with Gasteiger partial charge in [0.2, 0.25) is 5.91 Å². The van der Waals surface area contributed by atoms with Crippen LogP contribution in [0.15, 0.2) is 22.6 Å². The standard InChI is InChI=1S/C12H13N3O3S/c13-10(16)2-1-5-14-11(17)7-3-4-8-9(6-7)18-12(19)15-8/h3-4,6H,1-2,5H2,(H2,13,16)(H,14,17)(H,15,19). The van der Waals surface area contributed by atoms with Gasteiger partial charge in [-0.25, -0.2) is 0 Å². The Hall–Kier alpha value is -2.15. The van der Waals surface area contributed by atoms with Gasteiger partial charge in [0.1, 0.15) is 0 Å². The zero-order valence-corrected chi connectivity index (χ0v) is 10.9. The molecule has 1 aromatic carbocycles. The van der Waals surface area contributed by atoms with Crippen LogP contribution in [0.1, 0.15) is 23.2 Å². The summed E-state index contributed by atoms with van der Waals surface area (Å²) in [6, 6.07) is 5.02. The zero-order chi connectivity index (χ0) is 13.8. The first-order chi connectivity index (χ1) is 9.06. The third-order valence-electron chi connectivity index (χ3n) is 2.57. The number of hydrogen-bond acceptors (Lipinski definition) is 4. The maximum Gasteiger partial charge on any atom is 0.266 e. The van der Waals surface area contributed by atoms with Crippen molar-refractivity contribution in [3.8, 4) is 0 Å². The van der Waals surface area contributed by atoms with E-state index in [1.165, 1.54) is 0 Å². The van der Waals surface area contributed by atoms with Crippen molar-refractivity contribution in [2.75, 3.05) is 6.54 Å². The molecule has 0 radical (unpaired) electrons. The van der Waals surface area contributed by atoms with Crippen molar-refractivity contribution in [3.63, 3.8) is 0 Å². The van der Waals surface area contributed by atoms with E-state index < -0.39 is 0 Å². The normalized spacial score (nSPS) is 10.5. The maximum atomic E-state index is 11.8. The van der Waals surface area contributed by atoms with E-state index in [-0.39, 0.29) is 23.1 Å². The smallest absolute Gasteiger partial charge is 0.266 e. The number of benzene rings is 1. The van der Waals surface area contributed by atoms with Crippen molar-refractivity contribution in [1.82, 2.24) is 10.3 Å². The monoisotopic (exact) mass is 279 g/mol. The summed E-state index contributed by atoms with van der Waals surface area (Å²) >= 11 is 4.87. The summed E-state index contributed by atoms with van der Waals surface area (Å²) in [4.78, 5) is 25.5. The van der Waals surface area contributed by atoms with E-state index in [1.807, 2.05) is 0 Å². The van der Waals surface area contributed by atoms with Crippen LogP contribution in [0.5, 0.6) is 0 Å². The molecule has 0 saturated heterocycles. The second-order valence-corrected chi connectivity index (χ2v) is 4.42. The number of carbonyl (C=O) groups excluding carboxylic acids is 2. The molecule has 7 heteroatoms. The number of carbonyl (C=O) groups is 2. The Morgan fingerprint density at radius 1 is 1.42 bits per heavy atom. The van der Waals surface area contributed by atoms with E-state index in [4.69, 9.17) is 22.4 Å². The van der Waals surface area contributed by atoms with Gasteiger partial charge in [-0.2, -0.15) is 0 Å². The molecule has 0 aliphatic rings. The molecule has 0 aliphatic heterocycles. The van der Waals surface area contributed by atoms with Gasteiger partial charge in [0.25, 0.3) is 10.7 Å². The highest BCUT2D eigenvalue weighted by Gasteiger charge is 2.08. The molecule has 0 unspecified atom stereocenters. The van der Waals surface area contributed by atoms with E-state index in [1.54, 1.807) is 18.2 Å². The van der Waals surface area contributed by atoms with Crippen LogP contribution in [0.3, 0.4) is 0 Å². The first-order valence-corrected chi connectivity index (χ1v) is 6.16. The lowest BCUT2D eigenvalue weighted by molar-refractivity contribution is -0.118. The van der Waals surface area contributed by atoms with E-state index in [2.05, 4.69) is 10.3 Å². The summed E-state index contributed by atoms with van der Waals surface area (Å²) in [6.07, 6.45) is 0.778. The topological polar surface area (TPSA) is 101 Å². The van der Waals surface area contributed by atoms with Crippen molar-refractivity contribution >= 4 is 35.1 Å². The van der Waals surface area contributed by atoms with Crippen LogP contribution in [0.2, 0.25) is 0 Å². The van der Waals surface area contributed by atoms with Gasteiger partial charge in [-0.1, -0.05) is 0 Å². The minimum atomic E-state index is -0.375. The van der Waals surface area contributed by atoms with E-state index >= 15 is 0 Å². The van der Waals surface area contributed by atoms with Crippen LogP contribution in [-0.2, 0) is 4.79 Å². The fraction of sp³-hybridized carbons (Fsp3) is 0.250. The van der Waals surface area contributed by atoms with Gasteiger partial charge in [0, 0.05) is 18.5 Å². The van der Waals surface area contributed by atoms with Gasteiger partial charge < -0.3 is 20.5 Å². The van der Waals surface area contributed by atoms with Gasteiger partial charge >= 0.3 is 0 Å². The highest BCUT2D eigenvalue weighted by atomic mass is 32.1. The average molecular weight is 279 g/mol. The van der Waals surface area contributed by atoms with Crippen LogP contribution < -0.4 is 11.1 Å². The first kappa shape index (κ1) is 13.3. The van der Waals surface area contributed by atoms with Crippen LogP contribution in [0.25, 0.3) is 11.1 Å². The Bertz CT molecular complexity index is 674. The lowest BCUT2D eigenvalue weighted by Crippen LogP contribution is -2.25. The quantitative estimate of drug-likeness (QED) is 0.570. The van der Waals surface area contributed by atoms with Gasteiger partial charge in [0.15, 0.2) is 5.58 Å². The summed E-state index contributed by atoms with van der Waals surface area (Å²) < 4.78 is 5.23. The second-order valence-electron chi connectivity index (χ2n) is 4.05. The number of fused-ring (bicyclic) bond motifs is 1. The number of primary amides is 1. The Balaban J connectivity index is 2.00. The number of rotatable bonds is 5. The van der Waals surface area contributed by atoms with Crippen molar-refractivity contribution in [1.29, 1.82) is 0 Å². The molecule has 2 rings (SSSR count). The van der Waals surface area contributed by atoms with Gasteiger partial charge in [-0.3, -0.25) is 9.59 Å². The summed E-state index contributed by atoms with van der Waals surface area (Å²) in [6.45, 7) is 0.399. The highest BCUT2D eigenvalue weighted by Crippen LogP contribution is 2.15. The number of amides is 2. The van der Waals surface area contributed by atoms with E-state index in [0.717, 1.165) is 5.52 Å². The molecule has 4 N–H and O–H groups in total. The predicted octanol–water partition coefficient (Wildman–Crippen LogP) is 1.49. The van der Waals surface area contributed by atoms with Crippen LogP contribution >= 0.6 is 12.2 Å².